The second-order valence-electron chi connectivity index (χ2n) is 7.14. The first-order valence-corrected chi connectivity index (χ1v) is 8.80. The van der Waals surface area contributed by atoms with Gasteiger partial charge in [-0.2, -0.15) is 0 Å². The van der Waals surface area contributed by atoms with Gasteiger partial charge < -0.3 is 9.64 Å². The maximum absolute atomic E-state index is 13.2. The van der Waals surface area contributed by atoms with Crippen LogP contribution in [-0.2, 0) is 14.3 Å². The molecule has 0 aromatic rings. The van der Waals surface area contributed by atoms with E-state index in [1.807, 2.05) is 4.90 Å². The molecule has 22 heavy (non-hydrogen) atoms. The molecular formula is C17H28N2O3. The summed E-state index contributed by atoms with van der Waals surface area (Å²) in [7, 11) is 1.41. The summed E-state index contributed by atoms with van der Waals surface area (Å²) in [4.78, 5) is 26.7. The average Bonchev–Trinajstić information content (AvgIpc) is 2.75. The van der Waals surface area contributed by atoms with Gasteiger partial charge in [-0.3, -0.25) is 14.9 Å². The molecule has 2 spiro atoms. The van der Waals surface area contributed by atoms with E-state index in [9.17, 15) is 9.59 Å². The topological polar surface area (TPSA) is 58.6 Å². The molecular weight excluding hydrogens is 280 g/mol. The van der Waals surface area contributed by atoms with Crippen LogP contribution in [-0.4, -0.2) is 41.6 Å². The molecule has 0 radical (unpaired) electrons. The molecule has 0 bridgehead atoms. The zero-order valence-electron chi connectivity index (χ0n) is 13.7. The molecule has 1 saturated heterocycles. The van der Waals surface area contributed by atoms with Crippen LogP contribution < -0.4 is 5.32 Å². The molecule has 0 aromatic heterocycles. The number of hydrogen-bond donors (Lipinski definition) is 1. The number of carbonyl (C=O) groups excluding carboxylic acids is 2. The smallest absolute Gasteiger partial charge is 0.307 e. The summed E-state index contributed by atoms with van der Waals surface area (Å²) in [5.41, 5.74) is -0.563. The Bertz CT molecular complexity index is 437. The predicted octanol–water partition coefficient (Wildman–Crippen LogP) is 2.34. The van der Waals surface area contributed by atoms with Gasteiger partial charge in [-0.1, -0.05) is 25.7 Å². The summed E-state index contributed by atoms with van der Waals surface area (Å²) in [5.74, 6) is 0.00126. The molecule has 5 nitrogen and oxygen atoms in total. The number of nitrogens with one attached hydrogen (secondary N) is 1. The monoisotopic (exact) mass is 308 g/mol. The van der Waals surface area contributed by atoms with Gasteiger partial charge in [-0.05, 0) is 38.5 Å². The fourth-order valence-electron chi connectivity index (χ4n) is 4.67. The van der Waals surface area contributed by atoms with Gasteiger partial charge in [-0.25, -0.2) is 0 Å². The zero-order valence-corrected chi connectivity index (χ0v) is 13.7. The fraction of sp³-hybridized carbons (Fsp3) is 0.882. The van der Waals surface area contributed by atoms with E-state index < -0.39 is 0 Å². The molecule has 2 aliphatic carbocycles. The number of methoxy groups -OCH3 is 1. The van der Waals surface area contributed by atoms with E-state index in [2.05, 4.69) is 5.32 Å². The van der Waals surface area contributed by atoms with E-state index in [-0.39, 0.29) is 23.1 Å². The van der Waals surface area contributed by atoms with Crippen LogP contribution in [0.3, 0.4) is 0 Å². The number of nitrogens with zero attached hydrogens (tertiary/aromatic N) is 1. The van der Waals surface area contributed by atoms with Gasteiger partial charge in [0, 0.05) is 6.54 Å². The van der Waals surface area contributed by atoms with Crippen molar-refractivity contribution in [2.24, 2.45) is 0 Å². The summed E-state index contributed by atoms with van der Waals surface area (Å²) < 4.78 is 4.76. The number of hydrogen-bond acceptors (Lipinski definition) is 4. The number of ether oxygens (including phenoxy) is 1. The average molecular weight is 308 g/mol. The van der Waals surface area contributed by atoms with E-state index in [1.165, 1.54) is 20.0 Å². The molecule has 3 fully saturated rings. The van der Waals surface area contributed by atoms with E-state index >= 15 is 0 Å². The van der Waals surface area contributed by atoms with Crippen molar-refractivity contribution in [3.63, 3.8) is 0 Å². The van der Waals surface area contributed by atoms with Crippen LogP contribution in [0.4, 0.5) is 0 Å². The van der Waals surface area contributed by atoms with Crippen molar-refractivity contribution in [3.05, 3.63) is 0 Å². The minimum atomic E-state index is -0.355. The van der Waals surface area contributed by atoms with Crippen LogP contribution in [0.5, 0.6) is 0 Å². The van der Waals surface area contributed by atoms with Crippen LogP contribution in [0.25, 0.3) is 0 Å². The summed E-state index contributed by atoms with van der Waals surface area (Å²) in [6.45, 7) is 0.486. The van der Waals surface area contributed by atoms with E-state index in [4.69, 9.17) is 4.74 Å². The van der Waals surface area contributed by atoms with Crippen LogP contribution in [0, 0.1) is 0 Å². The Morgan fingerprint density at radius 2 is 1.68 bits per heavy atom. The molecule has 2 saturated carbocycles. The van der Waals surface area contributed by atoms with Gasteiger partial charge in [0.2, 0.25) is 5.91 Å². The molecule has 0 aromatic carbocycles. The van der Waals surface area contributed by atoms with E-state index in [1.54, 1.807) is 0 Å². The van der Waals surface area contributed by atoms with Crippen molar-refractivity contribution in [2.45, 2.75) is 81.8 Å². The highest BCUT2D eigenvalue weighted by molar-refractivity contribution is 5.90. The summed E-state index contributed by atoms with van der Waals surface area (Å²) >= 11 is 0. The maximum Gasteiger partial charge on any atom is 0.307 e. The predicted molar refractivity (Wildman–Crippen MR) is 83.1 cm³/mol. The van der Waals surface area contributed by atoms with Crippen LogP contribution in [0.15, 0.2) is 0 Å². The first-order chi connectivity index (χ1) is 10.6. The van der Waals surface area contributed by atoms with E-state index in [0.717, 1.165) is 51.4 Å². The van der Waals surface area contributed by atoms with Crippen molar-refractivity contribution < 1.29 is 14.3 Å². The Hall–Kier alpha value is -1.10. The lowest BCUT2D eigenvalue weighted by molar-refractivity contribution is -0.143. The molecule has 0 atom stereocenters. The number of esters is 1. The largest absolute Gasteiger partial charge is 0.469 e. The van der Waals surface area contributed by atoms with Crippen molar-refractivity contribution in [2.75, 3.05) is 13.7 Å². The molecule has 1 aliphatic heterocycles. The lowest BCUT2D eigenvalue weighted by Gasteiger charge is -2.42. The number of carbonyl (C=O) groups is 2. The van der Waals surface area contributed by atoms with E-state index in [0.29, 0.717) is 13.0 Å². The van der Waals surface area contributed by atoms with Crippen molar-refractivity contribution in [1.29, 1.82) is 0 Å². The second-order valence-corrected chi connectivity index (χ2v) is 7.14. The van der Waals surface area contributed by atoms with Crippen LogP contribution in [0.1, 0.15) is 70.6 Å². The summed E-state index contributed by atoms with van der Waals surface area (Å²) in [6, 6.07) is 0. The molecule has 5 heteroatoms. The minimum Gasteiger partial charge on any atom is -0.469 e. The molecule has 1 amide bonds. The van der Waals surface area contributed by atoms with Crippen molar-refractivity contribution in [3.8, 4) is 0 Å². The standard InChI is InChI=1S/C17H28N2O3/c1-22-14(20)8-13-19-15(21)16(9-4-2-5-10-16)18-17(19)11-6-3-7-12-17/h18H,2-13H2,1H3. The highest BCUT2D eigenvalue weighted by atomic mass is 16.5. The fourth-order valence-corrected chi connectivity index (χ4v) is 4.67. The first kappa shape index (κ1) is 15.8. The van der Waals surface area contributed by atoms with Gasteiger partial charge in [0.05, 0.1) is 24.7 Å². The SMILES string of the molecule is COC(=O)CCN1C(=O)C2(CCCCC2)NC12CCCCC2. The van der Waals surface area contributed by atoms with Crippen LogP contribution in [0.2, 0.25) is 0 Å². The minimum absolute atomic E-state index is 0.208. The van der Waals surface area contributed by atoms with Gasteiger partial charge in [-0.15, -0.1) is 0 Å². The quantitative estimate of drug-likeness (QED) is 0.813. The number of amides is 1. The van der Waals surface area contributed by atoms with Gasteiger partial charge in [0.1, 0.15) is 0 Å². The normalized spacial score (nSPS) is 26.6. The number of rotatable bonds is 3. The van der Waals surface area contributed by atoms with Crippen LogP contribution >= 0.6 is 0 Å². The molecule has 3 aliphatic rings. The van der Waals surface area contributed by atoms with Crippen molar-refractivity contribution in [1.82, 2.24) is 10.2 Å². The molecule has 1 heterocycles. The Labute approximate surface area is 132 Å². The highest BCUT2D eigenvalue weighted by Gasteiger charge is 2.58. The highest BCUT2D eigenvalue weighted by Crippen LogP contribution is 2.44. The third kappa shape index (κ3) is 2.64. The Morgan fingerprint density at radius 3 is 2.27 bits per heavy atom. The Morgan fingerprint density at radius 1 is 1.09 bits per heavy atom. The molecule has 3 rings (SSSR count). The molecule has 124 valence electrons. The summed E-state index contributed by atoms with van der Waals surface area (Å²) in [5, 5.41) is 3.79. The van der Waals surface area contributed by atoms with Gasteiger partial charge >= 0.3 is 5.97 Å². The van der Waals surface area contributed by atoms with Gasteiger partial charge in [0.25, 0.3) is 0 Å². The third-order valence-corrected chi connectivity index (χ3v) is 5.80. The van der Waals surface area contributed by atoms with Gasteiger partial charge in [0.15, 0.2) is 0 Å². The molecule has 1 N–H and O–H groups in total. The lowest BCUT2D eigenvalue weighted by Crippen LogP contribution is -2.56. The maximum atomic E-state index is 13.2. The zero-order chi connectivity index (χ0) is 15.6. The Balaban J connectivity index is 1.82. The third-order valence-electron chi connectivity index (χ3n) is 5.80. The molecule has 0 unspecified atom stereocenters. The van der Waals surface area contributed by atoms with Crippen molar-refractivity contribution >= 4 is 11.9 Å². The Kier molecular flexibility index (Phi) is 4.44. The first-order valence-electron chi connectivity index (χ1n) is 8.80. The lowest BCUT2D eigenvalue weighted by atomic mass is 9.81. The second kappa shape index (κ2) is 6.19. The summed E-state index contributed by atoms with van der Waals surface area (Å²) in [6.07, 6.45) is 11.3.